The van der Waals surface area contributed by atoms with Crippen LogP contribution in [-0.2, 0) is 4.79 Å². The molecule has 4 heterocycles. The Morgan fingerprint density at radius 3 is 2.83 bits per heavy atom. The summed E-state index contributed by atoms with van der Waals surface area (Å²) < 4.78 is 13.6. The van der Waals surface area contributed by atoms with Gasteiger partial charge in [0.2, 0.25) is 5.91 Å². The van der Waals surface area contributed by atoms with Crippen molar-refractivity contribution in [2.75, 3.05) is 11.9 Å². The summed E-state index contributed by atoms with van der Waals surface area (Å²) in [6, 6.07) is 12.3. The number of hydrogen-bond donors (Lipinski definition) is 1. The van der Waals surface area contributed by atoms with Crippen LogP contribution in [0.1, 0.15) is 37.4 Å². The Kier molecular flexibility index (Phi) is 4.86. The van der Waals surface area contributed by atoms with Crippen molar-refractivity contribution in [2.45, 2.75) is 37.6 Å². The molecule has 2 aliphatic heterocycles. The lowest BCUT2D eigenvalue weighted by atomic mass is 9.92. The molecule has 0 saturated carbocycles. The Hall–Kier alpha value is -3.35. The summed E-state index contributed by atoms with van der Waals surface area (Å²) in [6.45, 7) is 0.652. The number of hydrogen-bond acceptors (Lipinski definition) is 5. The molecule has 5 rings (SSSR count). The predicted molar refractivity (Wildman–Crippen MR) is 112 cm³/mol. The first-order chi connectivity index (χ1) is 14.7. The minimum Gasteiger partial charge on any atom is -0.340 e. The summed E-state index contributed by atoms with van der Waals surface area (Å²) in [4.78, 5) is 28.0. The second kappa shape index (κ2) is 7.82. The van der Waals surface area contributed by atoms with Crippen molar-refractivity contribution in [2.24, 2.45) is 0 Å². The highest BCUT2D eigenvalue weighted by Crippen LogP contribution is 2.35. The van der Waals surface area contributed by atoms with Gasteiger partial charge in [-0.2, -0.15) is 0 Å². The molecule has 1 aromatic carbocycles. The van der Waals surface area contributed by atoms with Gasteiger partial charge in [-0.05, 0) is 49.6 Å². The molecule has 30 heavy (non-hydrogen) atoms. The van der Waals surface area contributed by atoms with Crippen molar-refractivity contribution in [3.05, 3.63) is 66.5 Å². The number of carbonyl (C=O) groups is 1. The standard InChI is InChI=1S/C23H22FN5O/c24-17-4-1-5-18(11-17)26-21-12-20(15-3-2-10-25-13-15)27-23(28-21)16-6-7-19-8-9-22(30)29(19)14-16/h1-5,10-13,16,19H,6-9,14H2,(H,26,27,28). The van der Waals surface area contributed by atoms with E-state index >= 15 is 0 Å². The van der Waals surface area contributed by atoms with Gasteiger partial charge in [-0.1, -0.05) is 6.07 Å². The highest BCUT2D eigenvalue weighted by atomic mass is 19.1. The molecular weight excluding hydrogens is 381 g/mol. The lowest BCUT2D eigenvalue weighted by Gasteiger charge is -2.34. The monoisotopic (exact) mass is 403 g/mol. The van der Waals surface area contributed by atoms with E-state index in [2.05, 4.69) is 10.3 Å². The van der Waals surface area contributed by atoms with E-state index in [4.69, 9.17) is 9.97 Å². The maximum absolute atomic E-state index is 13.6. The summed E-state index contributed by atoms with van der Waals surface area (Å²) in [5.41, 5.74) is 2.26. The molecule has 2 unspecified atom stereocenters. The molecular formula is C23H22FN5O. The number of halogens is 1. The van der Waals surface area contributed by atoms with Crippen LogP contribution < -0.4 is 5.32 Å². The molecule has 2 saturated heterocycles. The van der Waals surface area contributed by atoms with Crippen molar-refractivity contribution >= 4 is 17.4 Å². The molecule has 2 aromatic heterocycles. The SMILES string of the molecule is O=C1CCC2CCC(c3nc(Nc4cccc(F)c4)cc(-c4cccnc4)n3)CN12. The number of piperidine rings is 1. The first-order valence-electron chi connectivity index (χ1n) is 10.3. The van der Waals surface area contributed by atoms with Gasteiger partial charge in [0.05, 0.1) is 5.69 Å². The average molecular weight is 403 g/mol. The zero-order valence-electron chi connectivity index (χ0n) is 16.5. The van der Waals surface area contributed by atoms with Gasteiger partial charge in [-0.15, -0.1) is 0 Å². The van der Waals surface area contributed by atoms with Crippen LogP contribution in [0.3, 0.4) is 0 Å². The normalized spacial score (nSPS) is 20.8. The van der Waals surface area contributed by atoms with Gasteiger partial charge in [0, 0.05) is 54.6 Å². The first-order valence-corrected chi connectivity index (χ1v) is 10.3. The summed E-state index contributed by atoms with van der Waals surface area (Å²) in [5.74, 6) is 1.29. The Labute approximate surface area is 174 Å². The number of pyridine rings is 1. The Morgan fingerprint density at radius 1 is 1.07 bits per heavy atom. The molecule has 2 aliphatic rings. The number of carbonyl (C=O) groups excluding carboxylic acids is 1. The van der Waals surface area contributed by atoms with Crippen molar-refractivity contribution in [3.63, 3.8) is 0 Å². The second-order valence-electron chi connectivity index (χ2n) is 7.89. The lowest BCUT2D eigenvalue weighted by molar-refractivity contribution is -0.130. The molecule has 1 N–H and O–H groups in total. The fraction of sp³-hybridized carbons (Fsp3) is 0.304. The van der Waals surface area contributed by atoms with E-state index in [0.717, 1.165) is 30.5 Å². The van der Waals surface area contributed by atoms with E-state index < -0.39 is 0 Å². The molecule has 3 aromatic rings. The number of anilines is 2. The van der Waals surface area contributed by atoms with Crippen LogP contribution in [0.25, 0.3) is 11.3 Å². The zero-order valence-corrected chi connectivity index (χ0v) is 16.5. The quantitative estimate of drug-likeness (QED) is 0.704. The third-order valence-corrected chi connectivity index (χ3v) is 5.88. The van der Waals surface area contributed by atoms with Crippen LogP contribution in [0.4, 0.5) is 15.9 Å². The third kappa shape index (κ3) is 3.75. The number of amides is 1. The van der Waals surface area contributed by atoms with Crippen LogP contribution in [-0.4, -0.2) is 38.3 Å². The smallest absolute Gasteiger partial charge is 0.222 e. The molecule has 0 bridgehead atoms. The van der Waals surface area contributed by atoms with E-state index in [1.807, 2.05) is 23.1 Å². The molecule has 6 nitrogen and oxygen atoms in total. The van der Waals surface area contributed by atoms with E-state index in [9.17, 15) is 9.18 Å². The predicted octanol–water partition coefficient (Wildman–Crippen LogP) is 4.29. The van der Waals surface area contributed by atoms with Crippen LogP contribution in [0.2, 0.25) is 0 Å². The highest BCUT2D eigenvalue weighted by molar-refractivity contribution is 5.79. The Bertz CT molecular complexity index is 1070. The van der Waals surface area contributed by atoms with Crippen LogP contribution in [0.15, 0.2) is 54.9 Å². The molecule has 7 heteroatoms. The fourth-order valence-corrected chi connectivity index (χ4v) is 4.37. The van der Waals surface area contributed by atoms with Gasteiger partial charge in [-0.25, -0.2) is 14.4 Å². The van der Waals surface area contributed by atoms with Crippen molar-refractivity contribution in [1.29, 1.82) is 0 Å². The molecule has 0 spiro atoms. The number of aromatic nitrogens is 3. The number of nitrogens with zero attached hydrogens (tertiary/aromatic N) is 4. The average Bonchev–Trinajstić information content (AvgIpc) is 3.14. The molecule has 152 valence electrons. The van der Waals surface area contributed by atoms with E-state index in [1.165, 1.54) is 12.1 Å². The second-order valence-corrected chi connectivity index (χ2v) is 7.89. The van der Waals surface area contributed by atoms with Crippen LogP contribution in [0, 0.1) is 5.82 Å². The van der Waals surface area contributed by atoms with Gasteiger partial charge in [0.15, 0.2) is 0 Å². The van der Waals surface area contributed by atoms with Gasteiger partial charge >= 0.3 is 0 Å². The molecule has 2 fully saturated rings. The Balaban J connectivity index is 1.50. The van der Waals surface area contributed by atoms with Crippen LogP contribution >= 0.6 is 0 Å². The van der Waals surface area contributed by atoms with E-state index in [0.29, 0.717) is 36.3 Å². The number of benzene rings is 1. The van der Waals surface area contributed by atoms with Crippen molar-refractivity contribution < 1.29 is 9.18 Å². The maximum Gasteiger partial charge on any atom is 0.222 e. The molecule has 0 aliphatic carbocycles. The summed E-state index contributed by atoms with van der Waals surface area (Å²) >= 11 is 0. The third-order valence-electron chi connectivity index (χ3n) is 5.88. The number of nitrogens with one attached hydrogen (secondary N) is 1. The lowest BCUT2D eigenvalue weighted by Crippen LogP contribution is -2.41. The van der Waals surface area contributed by atoms with E-state index in [1.54, 1.807) is 24.5 Å². The van der Waals surface area contributed by atoms with Gasteiger partial charge in [0.1, 0.15) is 17.5 Å². The number of fused-ring (bicyclic) bond motifs is 1. The molecule has 0 radical (unpaired) electrons. The minimum atomic E-state index is -0.312. The summed E-state index contributed by atoms with van der Waals surface area (Å²) in [5, 5.41) is 3.20. The van der Waals surface area contributed by atoms with Crippen molar-refractivity contribution in [3.8, 4) is 11.3 Å². The number of rotatable bonds is 4. The molecule has 2 atom stereocenters. The summed E-state index contributed by atoms with van der Waals surface area (Å²) in [7, 11) is 0. The van der Waals surface area contributed by atoms with Gasteiger partial charge in [-0.3, -0.25) is 9.78 Å². The minimum absolute atomic E-state index is 0.0768. The van der Waals surface area contributed by atoms with Crippen molar-refractivity contribution in [1.82, 2.24) is 19.9 Å². The summed E-state index contributed by atoms with van der Waals surface area (Å²) in [6.07, 6.45) is 7.00. The van der Waals surface area contributed by atoms with Gasteiger partial charge in [0.25, 0.3) is 0 Å². The topological polar surface area (TPSA) is 71.0 Å². The largest absolute Gasteiger partial charge is 0.340 e. The Morgan fingerprint density at radius 2 is 2.00 bits per heavy atom. The first kappa shape index (κ1) is 18.7. The van der Waals surface area contributed by atoms with Gasteiger partial charge < -0.3 is 10.2 Å². The van der Waals surface area contributed by atoms with E-state index in [-0.39, 0.29) is 17.6 Å². The molecule has 1 amide bonds. The van der Waals surface area contributed by atoms with Crippen LogP contribution in [0.5, 0.6) is 0 Å². The fourth-order valence-electron chi connectivity index (χ4n) is 4.37. The zero-order chi connectivity index (χ0) is 20.5. The highest BCUT2D eigenvalue weighted by Gasteiger charge is 2.37. The maximum atomic E-state index is 13.6.